The molecule has 4 rings (SSSR count). The molecule has 8 heteroatoms. The number of halogens is 4. The molecule has 0 unspecified atom stereocenters. The molecule has 0 atom stereocenters. The molecule has 146 valence electrons. The summed E-state index contributed by atoms with van der Waals surface area (Å²) in [6.07, 6.45) is 0. The molecule has 29 heavy (non-hydrogen) atoms. The van der Waals surface area contributed by atoms with Gasteiger partial charge < -0.3 is 5.32 Å². The van der Waals surface area contributed by atoms with Crippen molar-refractivity contribution < 1.29 is 13.6 Å². The highest BCUT2D eigenvalue weighted by Crippen LogP contribution is 2.27. The number of amides is 1. The van der Waals surface area contributed by atoms with E-state index in [9.17, 15) is 13.6 Å². The number of carbonyl (C=O) groups is 1. The van der Waals surface area contributed by atoms with Gasteiger partial charge in [-0.3, -0.25) is 9.48 Å². The van der Waals surface area contributed by atoms with Gasteiger partial charge in [0.25, 0.3) is 5.91 Å². The third-order valence-corrected chi connectivity index (χ3v) is 5.00. The molecule has 0 fully saturated rings. The van der Waals surface area contributed by atoms with Gasteiger partial charge in [0, 0.05) is 15.4 Å². The van der Waals surface area contributed by atoms with E-state index < -0.39 is 23.1 Å². The zero-order valence-electron chi connectivity index (χ0n) is 14.8. The van der Waals surface area contributed by atoms with Gasteiger partial charge in [0.2, 0.25) is 0 Å². The summed E-state index contributed by atoms with van der Waals surface area (Å²) in [7, 11) is 0. The third kappa shape index (κ3) is 3.81. The second kappa shape index (κ2) is 7.81. The Bertz CT molecular complexity index is 1220. The zero-order valence-corrected chi connectivity index (χ0v) is 16.3. The molecule has 0 aliphatic carbocycles. The molecule has 1 aromatic heterocycles. The number of anilines is 1. The van der Waals surface area contributed by atoms with E-state index in [2.05, 4.69) is 10.4 Å². The molecule has 0 aliphatic rings. The molecule has 0 aliphatic heterocycles. The van der Waals surface area contributed by atoms with Crippen molar-refractivity contribution in [3.63, 3.8) is 0 Å². The maximum absolute atomic E-state index is 13.9. The van der Waals surface area contributed by atoms with Crippen LogP contribution < -0.4 is 5.32 Å². The number of benzene rings is 3. The zero-order chi connectivity index (χ0) is 20.5. The monoisotopic (exact) mass is 431 g/mol. The van der Waals surface area contributed by atoms with Gasteiger partial charge in [-0.25, -0.2) is 8.78 Å². The summed E-state index contributed by atoms with van der Waals surface area (Å²) in [5.41, 5.74) is 0.844. The minimum Gasteiger partial charge on any atom is -0.304 e. The highest BCUT2D eigenvalue weighted by atomic mass is 35.5. The van der Waals surface area contributed by atoms with Crippen LogP contribution in [0.4, 0.5) is 14.6 Å². The van der Waals surface area contributed by atoms with E-state index in [0.717, 1.165) is 23.2 Å². The molecule has 4 nitrogen and oxygen atoms in total. The highest BCUT2D eigenvalue weighted by Gasteiger charge is 2.20. The van der Waals surface area contributed by atoms with Crippen LogP contribution in [0.15, 0.2) is 60.7 Å². The summed E-state index contributed by atoms with van der Waals surface area (Å²) < 4.78 is 29.5. The fourth-order valence-corrected chi connectivity index (χ4v) is 3.50. The third-order valence-electron chi connectivity index (χ3n) is 4.41. The molecule has 0 radical (unpaired) electrons. The van der Waals surface area contributed by atoms with Crippen LogP contribution in [0.1, 0.15) is 15.9 Å². The highest BCUT2D eigenvalue weighted by molar-refractivity contribution is 6.35. The first-order valence-electron chi connectivity index (χ1n) is 8.59. The number of aromatic nitrogens is 2. The summed E-state index contributed by atoms with van der Waals surface area (Å²) in [4.78, 5) is 12.5. The first-order chi connectivity index (χ1) is 13.9. The maximum Gasteiger partial charge on any atom is 0.262 e. The van der Waals surface area contributed by atoms with Gasteiger partial charge in [-0.2, -0.15) is 5.10 Å². The first kappa shape index (κ1) is 19.4. The number of nitrogens with one attached hydrogen (secondary N) is 1. The van der Waals surface area contributed by atoms with Crippen LogP contribution in [0.5, 0.6) is 0 Å². The molecule has 0 spiro atoms. The predicted octanol–water partition coefficient (Wildman–Crippen LogP) is 5.92. The van der Waals surface area contributed by atoms with Crippen LogP contribution in [0.25, 0.3) is 10.9 Å². The fraction of sp³-hybridized carbons (Fsp3) is 0.0476. The minimum absolute atomic E-state index is 0.193. The van der Waals surface area contributed by atoms with Crippen molar-refractivity contribution in [3.8, 4) is 0 Å². The SMILES string of the molecule is O=C(Nc1nn(Cc2ccc(Cl)cc2Cl)c2ccccc12)c1c(F)cccc1F. The van der Waals surface area contributed by atoms with Crippen molar-refractivity contribution in [2.45, 2.75) is 6.54 Å². The minimum atomic E-state index is -0.945. The average molecular weight is 432 g/mol. The molecule has 0 saturated heterocycles. The number of nitrogens with zero attached hydrogens (tertiary/aromatic N) is 2. The topological polar surface area (TPSA) is 46.9 Å². The van der Waals surface area contributed by atoms with Gasteiger partial charge in [-0.1, -0.05) is 47.5 Å². The quantitative estimate of drug-likeness (QED) is 0.435. The van der Waals surface area contributed by atoms with Crippen molar-refractivity contribution in [1.82, 2.24) is 9.78 Å². The average Bonchev–Trinajstić information content (AvgIpc) is 3.01. The Labute approximate surface area is 174 Å². The number of fused-ring (bicyclic) bond motifs is 1. The molecule has 0 saturated carbocycles. The van der Waals surface area contributed by atoms with Crippen LogP contribution in [0.3, 0.4) is 0 Å². The summed E-state index contributed by atoms with van der Waals surface area (Å²) in [5.74, 6) is -2.61. The Morgan fingerprint density at radius 2 is 1.72 bits per heavy atom. The van der Waals surface area contributed by atoms with Gasteiger partial charge in [0.05, 0.1) is 12.1 Å². The molecule has 3 aromatic carbocycles. The molecular weight excluding hydrogens is 419 g/mol. The molecule has 1 amide bonds. The van der Waals surface area contributed by atoms with Crippen molar-refractivity contribution >= 4 is 45.8 Å². The van der Waals surface area contributed by atoms with Crippen LogP contribution >= 0.6 is 23.2 Å². The lowest BCUT2D eigenvalue weighted by molar-refractivity contribution is 0.101. The van der Waals surface area contributed by atoms with Crippen molar-refractivity contribution in [3.05, 3.63) is 93.5 Å². The smallest absolute Gasteiger partial charge is 0.262 e. The number of para-hydroxylation sites is 1. The van der Waals surface area contributed by atoms with E-state index in [1.807, 2.05) is 12.1 Å². The second-order valence-corrected chi connectivity index (χ2v) is 7.15. The van der Waals surface area contributed by atoms with Gasteiger partial charge in [0.15, 0.2) is 5.82 Å². The van der Waals surface area contributed by atoms with Crippen LogP contribution in [0, 0.1) is 11.6 Å². The number of carbonyl (C=O) groups excluding carboxylic acids is 1. The molecular formula is C21H13Cl2F2N3O. The summed E-state index contributed by atoms with van der Waals surface area (Å²) >= 11 is 12.2. The number of rotatable bonds is 4. The van der Waals surface area contributed by atoms with Gasteiger partial charge >= 0.3 is 0 Å². The Kier molecular flexibility index (Phi) is 5.22. The maximum atomic E-state index is 13.9. The number of hydrogen-bond acceptors (Lipinski definition) is 2. The summed E-state index contributed by atoms with van der Waals surface area (Å²) in [5, 5.41) is 8.56. The van der Waals surface area contributed by atoms with Gasteiger partial charge in [0.1, 0.15) is 17.2 Å². The Morgan fingerprint density at radius 3 is 2.45 bits per heavy atom. The lowest BCUT2D eigenvalue weighted by Crippen LogP contribution is -2.16. The molecule has 0 bridgehead atoms. The molecule has 4 aromatic rings. The van der Waals surface area contributed by atoms with E-state index in [4.69, 9.17) is 23.2 Å². The van der Waals surface area contributed by atoms with Crippen LogP contribution in [-0.4, -0.2) is 15.7 Å². The van der Waals surface area contributed by atoms with Gasteiger partial charge in [-0.15, -0.1) is 0 Å². The van der Waals surface area contributed by atoms with Crippen LogP contribution in [-0.2, 0) is 6.54 Å². The Hall–Kier alpha value is -2.96. The van der Waals surface area contributed by atoms with Crippen LogP contribution in [0.2, 0.25) is 10.0 Å². The summed E-state index contributed by atoms with van der Waals surface area (Å²) in [6, 6.07) is 15.6. The van der Waals surface area contributed by atoms with Gasteiger partial charge in [-0.05, 0) is 42.0 Å². The molecule has 1 N–H and O–H groups in total. The van der Waals surface area contributed by atoms with E-state index in [1.165, 1.54) is 6.07 Å². The van der Waals surface area contributed by atoms with E-state index in [0.29, 0.717) is 22.0 Å². The summed E-state index contributed by atoms with van der Waals surface area (Å²) in [6.45, 7) is 0.320. The molecule has 1 heterocycles. The first-order valence-corrected chi connectivity index (χ1v) is 9.34. The Morgan fingerprint density at radius 1 is 1.00 bits per heavy atom. The Balaban J connectivity index is 1.72. The van der Waals surface area contributed by atoms with E-state index in [1.54, 1.807) is 35.0 Å². The van der Waals surface area contributed by atoms with Crippen molar-refractivity contribution in [2.75, 3.05) is 5.32 Å². The van der Waals surface area contributed by atoms with Crippen molar-refractivity contribution in [2.24, 2.45) is 0 Å². The fourth-order valence-electron chi connectivity index (χ4n) is 3.04. The lowest BCUT2D eigenvalue weighted by Gasteiger charge is -2.07. The van der Waals surface area contributed by atoms with E-state index in [-0.39, 0.29) is 5.82 Å². The van der Waals surface area contributed by atoms with Crippen molar-refractivity contribution in [1.29, 1.82) is 0 Å². The lowest BCUT2D eigenvalue weighted by atomic mass is 10.2. The standard InChI is InChI=1S/C21H13Cl2F2N3O/c22-13-9-8-12(15(23)10-13)11-28-18-7-2-1-4-14(18)20(27-28)26-21(29)19-16(24)5-3-6-17(19)25/h1-10H,11H2,(H,26,27,29). The number of hydrogen-bond donors (Lipinski definition) is 1. The normalized spacial score (nSPS) is 11.0. The second-order valence-electron chi connectivity index (χ2n) is 6.31. The largest absolute Gasteiger partial charge is 0.304 e. The predicted molar refractivity (Wildman–Crippen MR) is 110 cm³/mol. The van der Waals surface area contributed by atoms with E-state index >= 15 is 0 Å².